The molecule has 5 heteroatoms. The number of ether oxygens (including phenoxy) is 1. The van der Waals surface area contributed by atoms with Crippen molar-refractivity contribution in [2.24, 2.45) is 11.8 Å². The van der Waals surface area contributed by atoms with E-state index in [4.69, 9.17) is 4.74 Å². The van der Waals surface area contributed by atoms with Crippen molar-refractivity contribution in [3.63, 3.8) is 0 Å². The predicted octanol–water partition coefficient (Wildman–Crippen LogP) is 3.96. The minimum absolute atomic E-state index is 0.0650. The van der Waals surface area contributed by atoms with Gasteiger partial charge in [0.05, 0.1) is 25.6 Å². The molecule has 2 atom stereocenters. The number of hydrogen-bond donors (Lipinski definition) is 1. The first-order valence-electron chi connectivity index (χ1n) is 10.6. The summed E-state index contributed by atoms with van der Waals surface area (Å²) in [7, 11) is 1.62. The molecule has 2 bridgehead atoms. The van der Waals surface area contributed by atoms with E-state index in [1.54, 1.807) is 7.11 Å². The average Bonchev–Trinajstić information content (AvgIpc) is 3.08. The normalized spacial score (nSPS) is 25.1. The largest absolute Gasteiger partial charge is 0.497 e. The van der Waals surface area contributed by atoms with Gasteiger partial charge in [0, 0.05) is 17.5 Å². The number of carbonyl (C=O) groups is 2. The van der Waals surface area contributed by atoms with Gasteiger partial charge in [0.1, 0.15) is 5.75 Å². The molecule has 2 amide bonds. The van der Waals surface area contributed by atoms with Crippen LogP contribution < -0.4 is 10.1 Å². The van der Waals surface area contributed by atoms with Crippen LogP contribution in [0.15, 0.2) is 72.8 Å². The van der Waals surface area contributed by atoms with Gasteiger partial charge in [0.25, 0.3) is 0 Å². The minimum atomic E-state index is -0.333. The molecule has 1 saturated heterocycles. The lowest BCUT2D eigenvalue weighted by atomic mass is 9.55. The van der Waals surface area contributed by atoms with Crippen molar-refractivity contribution in [1.82, 2.24) is 4.90 Å². The predicted molar refractivity (Wildman–Crippen MR) is 117 cm³/mol. The Hall–Kier alpha value is -3.60. The second-order valence-corrected chi connectivity index (χ2v) is 8.43. The van der Waals surface area contributed by atoms with Crippen molar-refractivity contribution in [1.29, 1.82) is 0 Å². The number of amides is 2. The summed E-state index contributed by atoms with van der Waals surface area (Å²) >= 11 is 0. The average molecular weight is 410 g/mol. The fraction of sp³-hybridized carbons (Fsp3) is 0.231. The van der Waals surface area contributed by atoms with E-state index < -0.39 is 0 Å². The Balaban J connectivity index is 1.35. The number of anilines is 1. The van der Waals surface area contributed by atoms with Crippen molar-refractivity contribution in [2.45, 2.75) is 11.8 Å². The molecule has 0 unspecified atom stereocenters. The molecule has 0 aromatic heterocycles. The molecule has 3 aromatic carbocycles. The van der Waals surface area contributed by atoms with Crippen LogP contribution in [-0.4, -0.2) is 30.5 Å². The molecule has 3 aromatic rings. The summed E-state index contributed by atoms with van der Waals surface area (Å²) in [6, 6.07) is 24.1. The molecule has 1 heterocycles. The third kappa shape index (κ3) is 2.49. The fourth-order valence-corrected chi connectivity index (χ4v) is 5.77. The molecule has 0 saturated carbocycles. The number of imide groups is 1. The number of carbonyl (C=O) groups excluding carboxylic acids is 2. The highest BCUT2D eigenvalue weighted by Gasteiger charge is 2.61. The van der Waals surface area contributed by atoms with Gasteiger partial charge in [-0.25, -0.2) is 0 Å². The molecule has 4 aliphatic rings. The number of hydrogen-bond acceptors (Lipinski definition) is 4. The first-order valence-corrected chi connectivity index (χ1v) is 10.6. The molecule has 31 heavy (non-hydrogen) atoms. The highest BCUT2D eigenvalue weighted by molar-refractivity contribution is 6.07. The monoisotopic (exact) mass is 410 g/mol. The number of benzene rings is 3. The highest BCUT2D eigenvalue weighted by atomic mass is 16.5. The zero-order chi connectivity index (χ0) is 21.1. The highest BCUT2D eigenvalue weighted by Crippen LogP contribution is 2.60. The molecule has 154 valence electrons. The lowest BCUT2D eigenvalue weighted by Gasteiger charge is -2.45. The molecule has 1 N–H and O–H groups in total. The van der Waals surface area contributed by atoms with E-state index in [2.05, 4.69) is 29.6 Å². The first-order chi connectivity index (χ1) is 15.2. The molecule has 7 rings (SSSR count). The van der Waals surface area contributed by atoms with Gasteiger partial charge in [-0.2, -0.15) is 0 Å². The van der Waals surface area contributed by atoms with E-state index >= 15 is 0 Å². The number of methoxy groups -OCH3 is 1. The van der Waals surface area contributed by atoms with Gasteiger partial charge in [0.2, 0.25) is 11.8 Å². The van der Waals surface area contributed by atoms with Crippen LogP contribution in [0.4, 0.5) is 5.69 Å². The van der Waals surface area contributed by atoms with Crippen molar-refractivity contribution >= 4 is 17.5 Å². The Morgan fingerprint density at radius 2 is 1.19 bits per heavy atom. The Kier molecular flexibility index (Phi) is 3.93. The van der Waals surface area contributed by atoms with E-state index in [0.717, 1.165) is 11.4 Å². The van der Waals surface area contributed by atoms with Gasteiger partial charge in [-0.05, 0) is 46.5 Å². The Labute approximate surface area is 180 Å². The zero-order valence-electron chi connectivity index (χ0n) is 17.1. The summed E-state index contributed by atoms with van der Waals surface area (Å²) in [4.78, 5) is 28.5. The third-order valence-corrected chi connectivity index (χ3v) is 7.07. The maximum atomic E-state index is 13.5. The van der Waals surface area contributed by atoms with Crippen LogP contribution in [-0.2, 0) is 9.59 Å². The first kappa shape index (κ1) is 18.2. The van der Waals surface area contributed by atoms with Crippen LogP contribution in [0.5, 0.6) is 5.75 Å². The number of likely N-dealkylation sites (tertiary alicyclic amines) is 1. The SMILES string of the molecule is COc1ccc(NCN2C(=O)[C@H]3C4c5ccccc5C(c5ccccc54)[C@@H]3C2=O)cc1. The molecule has 0 radical (unpaired) electrons. The molecule has 5 nitrogen and oxygen atoms in total. The molecular formula is C26H22N2O3. The van der Waals surface area contributed by atoms with Gasteiger partial charge >= 0.3 is 0 Å². The Morgan fingerprint density at radius 1 is 0.742 bits per heavy atom. The van der Waals surface area contributed by atoms with E-state index in [-0.39, 0.29) is 42.2 Å². The number of nitrogens with zero attached hydrogens (tertiary/aromatic N) is 1. The van der Waals surface area contributed by atoms with Crippen molar-refractivity contribution < 1.29 is 14.3 Å². The maximum Gasteiger partial charge on any atom is 0.235 e. The van der Waals surface area contributed by atoms with Gasteiger partial charge < -0.3 is 10.1 Å². The molecule has 1 fully saturated rings. The van der Waals surface area contributed by atoms with Gasteiger partial charge in [-0.3, -0.25) is 14.5 Å². The van der Waals surface area contributed by atoms with Crippen LogP contribution in [0.25, 0.3) is 0 Å². The summed E-state index contributed by atoms with van der Waals surface area (Å²) in [6.07, 6.45) is 0. The zero-order valence-corrected chi connectivity index (χ0v) is 17.1. The van der Waals surface area contributed by atoms with Crippen molar-refractivity contribution in [3.05, 3.63) is 95.1 Å². The van der Waals surface area contributed by atoms with Crippen molar-refractivity contribution in [2.75, 3.05) is 19.1 Å². The fourth-order valence-electron chi connectivity index (χ4n) is 5.77. The van der Waals surface area contributed by atoms with E-state index in [1.165, 1.54) is 27.2 Å². The lowest BCUT2D eigenvalue weighted by Crippen LogP contribution is -2.41. The van der Waals surface area contributed by atoms with Crippen LogP contribution in [0.2, 0.25) is 0 Å². The Morgan fingerprint density at radius 3 is 1.61 bits per heavy atom. The van der Waals surface area contributed by atoms with Crippen LogP contribution in [0, 0.1) is 11.8 Å². The molecule has 3 aliphatic carbocycles. The quantitative estimate of drug-likeness (QED) is 0.662. The summed E-state index contributed by atoms with van der Waals surface area (Å²) in [5.41, 5.74) is 5.61. The van der Waals surface area contributed by atoms with E-state index in [9.17, 15) is 9.59 Å². The van der Waals surface area contributed by atoms with Crippen LogP contribution in [0.3, 0.4) is 0 Å². The minimum Gasteiger partial charge on any atom is -0.497 e. The van der Waals surface area contributed by atoms with E-state index in [0.29, 0.717) is 0 Å². The summed E-state index contributed by atoms with van der Waals surface area (Å²) in [5, 5.41) is 3.23. The summed E-state index contributed by atoms with van der Waals surface area (Å²) in [5.74, 6) is -0.184. The van der Waals surface area contributed by atoms with Gasteiger partial charge in [-0.1, -0.05) is 48.5 Å². The number of nitrogens with one attached hydrogen (secondary N) is 1. The smallest absolute Gasteiger partial charge is 0.235 e. The topological polar surface area (TPSA) is 58.6 Å². The molecule has 1 aliphatic heterocycles. The summed E-state index contributed by atoms with van der Waals surface area (Å²) < 4.78 is 5.19. The van der Waals surface area contributed by atoms with Gasteiger partial charge in [-0.15, -0.1) is 0 Å². The molecular weight excluding hydrogens is 388 g/mol. The molecule has 0 spiro atoms. The van der Waals surface area contributed by atoms with Crippen LogP contribution in [0.1, 0.15) is 34.1 Å². The van der Waals surface area contributed by atoms with E-state index in [1.807, 2.05) is 48.5 Å². The second kappa shape index (κ2) is 6.71. The maximum absolute atomic E-state index is 13.5. The van der Waals surface area contributed by atoms with Crippen molar-refractivity contribution in [3.8, 4) is 5.75 Å². The van der Waals surface area contributed by atoms with Gasteiger partial charge in [0.15, 0.2) is 0 Å². The number of rotatable bonds is 4. The second-order valence-electron chi connectivity index (χ2n) is 8.43. The Bertz CT molecular complexity index is 1090. The summed E-state index contributed by atoms with van der Waals surface area (Å²) in [6.45, 7) is 0.170. The lowest BCUT2D eigenvalue weighted by molar-refractivity contribution is -0.139. The van der Waals surface area contributed by atoms with Crippen LogP contribution >= 0.6 is 0 Å². The third-order valence-electron chi connectivity index (χ3n) is 7.07. The standard InChI is InChI=1S/C26H22N2O3/c1-31-16-12-10-15(11-13-16)27-14-28-25(29)23-21-17-6-2-3-7-18(17)22(24(23)26(28)30)20-9-5-4-8-19(20)21/h2-13,21-24,27H,14H2,1H3/t21?,22?,23-,24-/m0/s1.